The van der Waals surface area contributed by atoms with Gasteiger partial charge in [0.2, 0.25) is 5.91 Å². The normalized spacial score (nSPS) is 22.0. The number of carbonyl (C=O) groups is 1. The summed E-state index contributed by atoms with van der Waals surface area (Å²) < 4.78 is 5.03. The minimum Gasteiger partial charge on any atom is -0.384 e. The van der Waals surface area contributed by atoms with E-state index < -0.39 is 0 Å². The van der Waals surface area contributed by atoms with Crippen LogP contribution in [0.2, 0.25) is 0 Å². The molecule has 2 rings (SSSR count). The number of aromatic nitrogens is 1. The average Bonchev–Trinajstić information content (AvgIpc) is 2.89. The van der Waals surface area contributed by atoms with Gasteiger partial charge >= 0.3 is 0 Å². The van der Waals surface area contributed by atoms with Gasteiger partial charge in [-0.25, -0.2) is 0 Å². The second-order valence-electron chi connectivity index (χ2n) is 5.78. The lowest BCUT2D eigenvalue weighted by Gasteiger charge is -2.31. The van der Waals surface area contributed by atoms with Crippen LogP contribution in [0.1, 0.15) is 18.4 Å². The summed E-state index contributed by atoms with van der Waals surface area (Å²) >= 11 is 0. The topological polar surface area (TPSA) is 45.7 Å². The summed E-state index contributed by atoms with van der Waals surface area (Å²) in [6.45, 7) is 1.32. The van der Waals surface area contributed by atoms with E-state index in [1.165, 1.54) is 5.56 Å². The van der Waals surface area contributed by atoms with E-state index in [-0.39, 0.29) is 11.9 Å². The number of rotatable bonds is 6. The van der Waals surface area contributed by atoms with Crippen molar-refractivity contribution in [2.24, 2.45) is 0 Å². The number of hydrogen-bond acceptors (Lipinski definition) is 4. The van der Waals surface area contributed by atoms with Crippen molar-refractivity contribution in [1.82, 2.24) is 14.8 Å². The number of likely N-dealkylation sites (N-methyl/N-ethyl adjacent to an activating group) is 1. The highest BCUT2D eigenvalue weighted by Gasteiger charge is 2.37. The fraction of sp³-hybridized carbons (Fsp3) is 0.625. The van der Waals surface area contributed by atoms with Gasteiger partial charge in [-0.05, 0) is 38.6 Å². The van der Waals surface area contributed by atoms with Crippen LogP contribution in [0.25, 0.3) is 0 Å². The third-order valence-corrected chi connectivity index (χ3v) is 4.18. The number of carbonyl (C=O) groups excluding carboxylic acids is 1. The molecule has 1 saturated heterocycles. The van der Waals surface area contributed by atoms with Crippen molar-refractivity contribution < 1.29 is 9.53 Å². The molecular formula is C16H25N3O2. The maximum absolute atomic E-state index is 12.4. The van der Waals surface area contributed by atoms with E-state index in [4.69, 9.17) is 4.74 Å². The lowest BCUT2D eigenvalue weighted by atomic mass is 10.0. The Bertz CT molecular complexity index is 450. The van der Waals surface area contributed by atoms with Gasteiger partial charge in [-0.2, -0.15) is 0 Å². The van der Waals surface area contributed by atoms with Crippen LogP contribution in [0.5, 0.6) is 0 Å². The van der Waals surface area contributed by atoms with Gasteiger partial charge in [0.25, 0.3) is 0 Å². The van der Waals surface area contributed by atoms with Crippen molar-refractivity contribution in [3.8, 4) is 0 Å². The highest BCUT2D eigenvalue weighted by molar-refractivity contribution is 5.77. The van der Waals surface area contributed by atoms with Crippen LogP contribution < -0.4 is 0 Å². The van der Waals surface area contributed by atoms with Gasteiger partial charge in [0, 0.05) is 32.1 Å². The van der Waals surface area contributed by atoms with E-state index in [1.54, 1.807) is 13.3 Å². The average molecular weight is 291 g/mol. The van der Waals surface area contributed by atoms with Gasteiger partial charge in [0.15, 0.2) is 0 Å². The molecule has 0 aliphatic carbocycles. The molecule has 0 radical (unpaired) electrons. The standard InChI is InChI=1S/C16H25N3O2/c1-18(2)14-6-9-19(16(20)7-10-21-3)15(14)11-13-5-4-8-17-12-13/h4-5,8,12,14-15H,6-7,9-11H2,1-3H3/t14-,15+/m1/s1. The first-order chi connectivity index (χ1) is 10.1. The molecule has 0 N–H and O–H groups in total. The summed E-state index contributed by atoms with van der Waals surface area (Å²) in [6.07, 6.45) is 6.01. The molecule has 21 heavy (non-hydrogen) atoms. The van der Waals surface area contributed by atoms with Crippen molar-refractivity contribution in [1.29, 1.82) is 0 Å². The largest absolute Gasteiger partial charge is 0.384 e. The predicted octanol–water partition coefficient (Wildman–Crippen LogP) is 1.19. The Morgan fingerprint density at radius 1 is 1.52 bits per heavy atom. The maximum atomic E-state index is 12.4. The Balaban J connectivity index is 2.10. The minimum atomic E-state index is 0.190. The van der Waals surface area contributed by atoms with Gasteiger partial charge in [-0.15, -0.1) is 0 Å². The lowest BCUT2D eigenvalue weighted by molar-refractivity contribution is -0.133. The van der Waals surface area contributed by atoms with Crippen molar-refractivity contribution in [2.75, 3.05) is 34.4 Å². The quantitative estimate of drug-likeness (QED) is 0.790. The number of amides is 1. The summed E-state index contributed by atoms with van der Waals surface area (Å²) in [4.78, 5) is 20.8. The Kier molecular flexibility index (Phi) is 5.70. The van der Waals surface area contributed by atoms with Crippen molar-refractivity contribution in [2.45, 2.75) is 31.3 Å². The SMILES string of the molecule is COCCC(=O)N1CC[C@@H](N(C)C)[C@@H]1Cc1cccnc1. The highest BCUT2D eigenvalue weighted by Crippen LogP contribution is 2.25. The second-order valence-corrected chi connectivity index (χ2v) is 5.78. The zero-order valence-corrected chi connectivity index (χ0v) is 13.2. The summed E-state index contributed by atoms with van der Waals surface area (Å²) in [6, 6.07) is 4.65. The molecule has 0 spiro atoms. The fourth-order valence-corrected chi connectivity index (χ4v) is 3.09. The Morgan fingerprint density at radius 2 is 2.33 bits per heavy atom. The first-order valence-corrected chi connectivity index (χ1v) is 7.47. The molecule has 0 aromatic carbocycles. The van der Waals surface area contributed by atoms with Crippen molar-refractivity contribution >= 4 is 5.91 Å². The van der Waals surface area contributed by atoms with Crippen LogP contribution >= 0.6 is 0 Å². The van der Waals surface area contributed by atoms with Gasteiger partial charge in [0.05, 0.1) is 19.1 Å². The first-order valence-electron chi connectivity index (χ1n) is 7.47. The molecule has 2 heterocycles. The number of ether oxygens (including phenoxy) is 1. The number of pyridine rings is 1. The molecule has 5 nitrogen and oxygen atoms in total. The Morgan fingerprint density at radius 3 is 2.95 bits per heavy atom. The van der Waals surface area contributed by atoms with Gasteiger partial charge in [-0.3, -0.25) is 9.78 Å². The molecule has 1 fully saturated rings. The molecule has 0 saturated carbocycles. The van der Waals surface area contributed by atoms with E-state index in [9.17, 15) is 4.79 Å². The maximum Gasteiger partial charge on any atom is 0.225 e. The molecular weight excluding hydrogens is 266 g/mol. The molecule has 0 unspecified atom stereocenters. The van der Waals surface area contributed by atoms with Crippen molar-refractivity contribution in [3.63, 3.8) is 0 Å². The zero-order valence-electron chi connectivity index (χ0n) is 13.2. The number of nitrogens with zero attached hydrogens (tertiary/aromatic N) is 3. The molecule has 116 valence electrons. The summed E-state index contributed by atoms with van der Waals surface area (Å²) in [5.74, 6) is 0.190. The van der Waals surface area contributed by atoms with Crippen LogP contribution in [0, 0.1) is 0 Å². The minimum absolute atomic E-state index is 0.190. The molecule has 2 atom stereocenters. The molecule has 1 aromatic rings. The molecule has 5 heteroatoms. The monoisotopic (exact) mass is 291 g/mol. The summed E-state index contributed by atoms with van der Waals surface area (Å²) in [7, 11) is 5.81. The first kappa shape index (κ1) is 15.9. The number of methoxy groups -OCH3 is 1. The summed E-state index contributed by atoms with van der Waals surface area (Å²) in [5.41, 5.74) is 1.18. The summed E-state index contributed by atoms with van der Waals surface area (Å²) in [5, 5.41) is 0. The molecule has 1 aliphatic heterocycles. The van der Waals surface area contributed by atoms with Gasteiger partial charge < -0.3 is 14.5 Å². The van der Waals surface area contributed by atoms with Crippen molar-refractivity contribution in [3.05, 3.63) is 30.1 Å². The Labute approximate surface area is 126 Å². The Hall–Kier alpha value is -1.46. The molecule has 1 aromatic heterocycles. The van der Waals surface area contributed by atoms with Crippen LogP contribution in [0.15, 0.2) is 24.5 Å². The van der Waals surface area contributed by atoms with Crippen LogP contribution in [0.3, 0.4) is 0 Å². The van der Waals surface area contributed by atoms with E-state index >= 15 is 0 Å². The van der Waals surface area contributed by atoms with E-state index in [1.807, 2.05) is 17.2 Å². The van der Waals surface area contributed by atoms with Crippen LogP contribution in [-0.2, 0) is 16.0 Å². The van der Waals surface area contributed by atoms with E-state index in [0.29, 0.717) is 19.1 Å². The molecule has 1 aliphatic rings. The predicted molar refractivity (Wildman–Crippen MR) is 82.0 cm³/mol. The number of hydrogen-bond donors (Lipinski definition) is 0. The van der Waals surface area contributed by atoms with E-state index in [2.05, 4.69) is 30.0 Å². The zero-order chi connectivity index (χ0) is 15.2. The van der Waals surface area contributed by atoms with E-state index in [0.717, 1.165) is 19.4 Å². The van der Waals surface area contributed by atoms with Gasteiger partial charge in [-0.1, -0.05) is 6.07 Å². The van der Waals surface area contributed by atoms with Crippen LogP contribution in [0.4, 0.5) is 0 Å². The molecule has 0 bridgehead atoms. The second kappa shape index (κ2) is 7.52. The fourth-order valence-electron chi connectivity index (χ4n) is 3.09. The van der Waals surface area contributed by atoms with Gasteiger partial charge in [0.1, 0.15) is 0 Å². The smallest absolute Gasteiger partial charge is 0.225 e. The lowest BCUT2D eigenvalue weighted by Crippen LogP contribution is -2.46. The third-order valence-electron chi connectivity index (χ3n) is 4.18. The number of likely N-dealkylation sites (tertiary alicyclic amines) is 1. The molecule has 1 amide bonds. The highest BCUT2D eigenvalue weighted by atomic mass is 16.5. The van der Waals surface area contributed by atoms with Crippen LogP contribution in [-0.4, -0.2) is 67.1 Å². The third kappa shape index (κ3) is 4.02.